The lowest BCUT2D eigenvalue weighted by Crippen LogP contribution is -2.14. The molecule has 1 aromatic heterocycles. The quantitative estimate of drug-likeness (QED) is 0.874. The van der Waals surface area contributed by atoms with E-state index in [4.69, 9.17) is 5.11 Å². The zero-order chi connectivity index (χ0) is 16.1. The van der Waals surface area contributed by atoms with Crippen LogP contribution in [0.3, 0.4) is 0 Å². The molecule has 1 aliphatic carbocycles. The number of nitrogens with zero attached hydrogens (tertiary/aromatic N) is 1. The largest absolute Gasteiger partial charge is 0.478 e. The van der Waals surface area contributed by atoms with Gasteiger partial charge < -0.3 is 5.11 Å². The SMILES string of the molecule is CC1=CC(=O)c2ccccc2C1=O.O=C(O)c1cccnc1. The number of carbonyl (C=O) groups excluding carboxylic acids is 2. The van der Waals surface area contributed by atoms with E-state index in [1.165, 1.54) is 24.5 Å². The lowest BCUT2D eigenvalue weighted by molar-refractivity contribution is 0.0696. The molecule has 0 saturated carbocycles. The average Bonchev–Trinajstić information content (AvgIpc) is 2.54. The molecule has 1 heterocycles. The Morgan fingerprint density at radius 2 is 1.73 bits per heavy atom. The number of rotatable bonds is 1. The Morgan fingerprint density at radius 3 is 2.27 bits per heavy atom. The second-order valence-corrected chi connectivity index (χ2v) is 4.61. The smallest absolute Gasteiger partial charge is 0.337 e. The first-order chi connectivity index (χ1) is 10.5. The summed E-state index contributed by atoms with van der Waals surface area (Å²) in [4.78, 5) is 36.7. The Bertz CT molecular complexity index is 763. The zero-order valence-electron chi connectivity index (χ0n) is 11.8. The van der Waals surface area contributed by atoms with E-state index in [-0.39, 0.29) is 17.1 Å². The molecule has 2 aromatic rings. The molecule has 5 heteroatoms. The van der Waals surface area contributed by atoms with Gasteiger partial charge in [0.05, 0.1) is 5.56 Å². The standard InChI is InChI=1S/C11H8O2.C6H5NO2/c1-7-6-10(12)8-4-2-3-5-9(8)11(7)13;8-6(9)5-2-1-3-7-4-5/h2-6H,1H3;1-4H,(H,8,9). The molecule has 1 aliphatic rings. The molecule has 0 fully saturated rings. The summed E-state index contributed by atoms with van der Waals surface area (Å²) in [6.45, 7) is 1.66. The van der Waals surface area contributed by atoms with Crippen LogP contribution in [0.2, 0.25) is 0 Å². The number of aromatic nitrogens is 1. The van der Waals surface area contributed by atoms with Crippen molar-refractivity contribution in [1.82, 2.24) is 4.98 Å². The Balaban J connectivity index is 0.000000172. The summed E-state index contributed by atoms with van der Waals surface area (Å²) in [6, 6.07) is 9.98. The van der Waals surface area contributed by atoms with E-state index in [0.29, 0.717) is 16.7 Å². The van der Waals surface area contributed by atoms with E-state index in [0.717, 1.165) is 0 Å². The molecule has 0 bridgehead atoms. The maximum Gasteiger partial charge on any atom is 0.337 e. The lowest BCUT2D eigenvalue weighted by Gasteiger charge is -2.11. The van der Waals surface area contributed by atoms with Gasteiger partial charge >= 0.3 is 5.97 Å². The second-order valence-electron chi connectivity index (χ2n) is 4.61. The first-order valence-electron chi connectivity index (χ1n) is 6.50. The van der Waals surface area contributed by atoms with Gasteiger partial charge in [-0.3, -0.25) is 14.6 Å². The number of carboxylic acids is 1. The molecular formula is C17H13NO4. The number of benzene rings is 1. The molecule has 5 nitrogen and oxygen atoms in total. The van der Waals surface area contributed by atoms with Gasteiger partial charge in [-0.25, -0.2) is 4.79 Å². The summed E-state index contributed by atoms with van der Waals surface area (Å²) in [5.41, 5.74) is 1.77. The van der Waals surface area contributed by atoms with Gasteiger partial charge in [0, 0.05) is 29.1 Å². The van der Waals surface area contributed by atoms with Gasteiger partial charge in [0.25, 0.3) is 0 Å². The van der Waals surface area contributed by atoms with Crippen molar-refractivity contribution in [3.63, 3.8) is 0 Å². The fourth-order valence-corrected chi connectivity index (χ4v) is 1.94. The highest BCUT2D eigenvalue weighted by atomic mass is 16.4. The molecule has 0 unspecified atom stereocenters. The van der Waals surface area contributed by atoms with E-state index >= 15 is 0 Å². The van der Waals surface area contributed by atoms with Crippen LogP contribution in [-0.4, -0.2) is 27.6 Å². The van der Waals surface area contributed by atoms with Crippen LogP contribution in [0.15, 0.2) is 60.4 Å². The minimum Gasteiger partial charge on any atom is -0.478 e. The van der Waals surface area contributed by atoms with Crippen molar-refractivity contribution >= 4 is 17.5 Å². The number of allylic oxidation sites excluding steroid dienone is 2. The van der Waals surface area contributed by atoms with E-state index < -0.39 is 5.97 Å². The number of aromatic carboxylic acids is 1. The molecule has 0 spiro atoms. The topological polar surface area (TPSA) is 84.3 Å². The Kier molecular flexibility index (Phi) is 4.58. The van der Waals surface area contributed by atoms with Gasteiger partial charge in [0.15, 0.2) is 11.6 Å². The predicted molar refractivity (Wildman–Crippen MR) is 80.1 cm³/mol. The summed E-state index contributed by atoms with van der Waals surface area (Å²) in [7, 11) is 0. The van der Waals surface area contributed by atoms with Gasteiger partial charge in [0.2, 0.25) is 0 Å². The summed E-state index contributed by atoms with van der Waals surface area (Å²) < 4.78 is 0. The highest BCUT2D eigenvalue weighted by Crippen LogP contribution is 2.20. The van der Waals surface area contributed by atoms with Crippen molar-refractivity contribution in [2.75, 3.05) is 0 Å². The average molecular weight is 295 g/mol. The zero-order valence-corrected chi connectivity index (χ0v) is 11.8. The lowest BCUT2D eigenvalue weighted by atomic mass is 9.90. The van der Waals surface area contributed by atoms with Crippen LogP contribution >= 0.6 is 0 Å². The molecule has 1 N–H and O–H groups in total. The maximum atomic E-state index is 11.5. The highest BCUT2D eigenvalue weighted by molar-refractivity contribution is 6.24. The summed E-state index contributed by atoms with van der Waals surface area (Å²) in [5, 5.41) is 8.34. The molecule has 1 aromatic carbocycles. The third kappa shape index (κ3) is 3.32. The Hall–Kier alpha value is -3.08. The third-order valence-corrected chi connectivity index (χ3v) is 3.05. The maximum absolute atomic E-state index is 11.5. The van der Waals surface area contributed by atoms with Crippen molar-refractivity contribution in [3.05, 3.63) is 77.1 Å². The molecule has 0 radical (unpaired) electrons. The first-order valence-corrected chi connectivity index (χ1v) is 6.50. The highest BCUT2D eigenvalue weighted by Gasteiger charge is 2.21. The monoisotopic (exact) mass is 295 g/mol. The van der Waals surface area contributed by atoms with Crippen LogP contribution in [0.1, 0.15) is 38.0 Å². The molecule has 0 aliphatic heterocycles. The molecular weight excluding hydrogens is 282 g/mol. The number of hydrogen-bond acceptors (Lipinski definition) is 4. The van der Waals surface area contributed by atoms with Gasteiger partial charge in [0.1, 0.15) is 0 Å². The number of fused-ring (bicyclic) bond motifs is 1. The second kappa shape index (κ2) is 6.58. The van der Waals surface area contributed by atoms with Crippen LogP contribution in [0.25, 0.3) is 0 Å². The van der Waals surface area contributed by atoms with Crippen molar-refractivity contribution in [2.45, 2.75) is 6.92 Å². The van der Waals surface area contributed by atoms with Crippen LogP contribution < -0.4 is 0 Å². The number of pyridine rings is 1. The van der Waals surface area contributed by atoms with Gasteiger partial charge in [-0.05, 0) is 25.1 Å². The van der Waals surface area contributed by atoms with Gasteiger partial charge in [-0.1, -0.05) is 24.3 Å². The van der Waals surface area contributed by atoms with Crippen LogP contribution in [0.4, 0.5) is 0 Å². The number of Topliss-reactive ketones (excluding diaryl/α,β-unsaturated/α-hetero) is 1. The van der Waals surface area contributed by atoms with Gasteiger partial charge in [-0.2, -0.15) is 0 Å². The van der Waals surface area contributed by atoms with E-state index in [9.17, 15) is 14.4 Å². The van der Waals surface area contributed by atoms with Crippen LogP contribution in [-0.2, 0) is 0 Å². The van der Waals surface area contributed by atoms with Crippen molar-refractivity contribution in [1.29, 1.82) is 0 Å². The van der Waals surface area contributed by atoms with Crippen molar-refractivity contribution in [2.24, 2.45) is 0 Å². The molecule has 22 heavy (non-hydrogen) atoms. The Labute approximate surface area is 126 Å². The Morgan fingerprint density at radius 1 is 1.05 bits per heavy atom. The number of ketones is 2. The van der Waals surface area contributed by atoms with E-state index in [2.05, 4.69) is 4.98 Å². The summed E-state index contributed by atoms with van der Waals surface area (Å²) >= 11 is 0. The normalized spacial score (nSPS) is 12.7. The van der Waals surface area contributed by atoms with Crippen LogP contribution in [0, 0.1) is 0 Å². The molecule has 0 amide bonds. The van der Waals surface area contributed by atoms with E-state index in [1.807, 2.05) is 0 Å². The molecule has 0 atom stereocenters. The minimum atomic E-state index is -0.942. The number of carbonyl (C=O) groups is 3. The van der Waals surface area contributed by atoms with Crippen molar-refractivity contribution < 1.29 is 19.5 Å². The third-order valence-electron chi connectivity index (χ3n) is 3.05. The van der Waals surface area contributed by atoms with Gasteiger partial charge in [-0.15, -0.1) is 0 Å². The summed E-state index contributed by atoms with van der Waals surface area (Å²) in [6.07, 6.45) is 4.24. The summed E-state index contributed by atoms with van der Waals surface area (Å²) in [5.74, 6) is -1.06. The predicted octanol–water partition coefficient (Wildman–Crippen LogP) is 2.79. The van der Waals surface area contributed by atoms with E-state index in [1.54, 1.807) is 37.3 Å². The molecule has 110 valence electrons. The molecule has 0 saturated heterocycles. The number of carboxylic acid groups (broad SMARTS) is 1. The molecule has 3 rings (SSSR count). The van der Waals surface area contributed by atoms with Crippen LogP contribution in [0.5, 0.6) is 0 Å². The minimum absolute atomic E-state index is 0.0461. The number of hydrogen-bond donors (Lipinski definition) is 1. The fourth-order valence-electron chi connectivity index (χ4n) is 1.94. The fraction of sp³-hybridized carbons (Fsp3) is 0.0588. The van der Waals surface area contributed by atoms with Crippen molar-refractivity contribution in [3.8, 4) is 0 Å². The first kappa shape index (κ1) is 15.3.